The van der Waals surface area contributed by atoms with E-state index in [0.717, 1.165) is 0 Å². The molecule has 0 spiro atoms. The molecular formula is C31H31N. The van der Waals surface area contributed by atoms with Crippen molar-refractivity contribution >= 4 is 21.8 Å². The fraction of sp³-hybridized carbons (Fsp3) is 0.226. The summed E-state index contributed by atoms with van der Waals surface area (Å²) in [6.07, 6.45) is 0. The molecule has 0 bridgehead atoms. The highest BCUT2D eigenvalue weighted by Gasteiger charge is 2.26. The summed E-state index contributed by atoms with van der Waals surface area (Å²) in [6, 6.07) is 35.6. The maximum atomic E-state index is 2.41. The Morgan fingerprint density at radius 1 is 0.469 bits per heavy atom. The van der Waals surface area contributed by atoms with Crippen molar-refractivity contribution in [3.8, 4) is 0 Å². The molecule has 5 rings (SSSR count). The summed E-state index contributed by atoms with van der Waals surface area (Å²) in [6.45, 7) is 9.27. The van der Waals surface area contributed by atoms with Gasteiger partial charge in [0, 0.05) is 39.7 Å². The molecule has 32 heavy (non-hydrogen) atoms. The van der Waals surface area contributed by atoms with Crippen LogP contribution in [0, 0.1) is 0 Å². The van der Waals surface area contributed by atoms with Crippen LogP contribution in [0.25, 0.3) is 21.8 Å². The average molecular weight is 418 g/mol. The molecule has 0 radical (unpaired) electrons. The molecule has 1 aromatic heterocycles. The molecule has 1 heteroatoms. The summed E-state index contributed by atoms with van der Waals surface area (Å²) in [4.78, 5) is 0. The molecule has 0 aliphatic carbocycles. The highest BCUT2D eigenvalue weighted by Crippen LogP contribution is 2.39. The van der Waals surface area contributed by atoms with Crippen LogP contribution in [-0.2, 0) is 17.9 Å². The maximum absolute atomic E-state index is 2.41. The van der Waals surface area contributed by atoms with E-state index in [9.17, 15) is 0 Å². The van der Waals surface area contributed by atoms with Gasteiger partial charge in [0.1, 0.15) is 0 Å². The van der Waals surface area contributed by atoms with Gasteiger partial charge >= 0.3 is 0 Å². The number of nitrogens with zero attached hydrogens (tertiary/aromatic N) is 1. The van der Waals surface area contributed by atoms with Crippen LogP contribution >= 0.6 is 0 Å². The molecule has 0 aliphatic rings. The van der Waals surface area contributed by atoms with E-state index in [0.29, 0.717) is 0 Å². The van der Waals surface area contributed by atoms with E-state index >= 15 is 0 Å². The summed E-state index contributed by atoms with van der Waals surface area (Å²) >= 11 is 0. The van der Waals surface area contributed by atoms with Crippen molar-refractivity contribution in [2.75, 3.05) is 0 Å². The summed E-state index contributed by atoms with van der Waals surface area (Å²) in [7, 11) is 2.18. The van der Waals surface area contributed by atoms with E-state index in [1.54, 1.807) is 0 Å². The van der Waals surface area contributed by atoms with Crippen LogP contribution in [0.15, 0.2) is 97.1 Å². The minimum absolute atomic E-state index is 0.0570. The molecule has 0 N–H and O–H groups in total. The van der Waals surface area contributed by atoms with Crippen molar-refractivity contribution in [1.82, 2.24) is 4.57 Å². The van der Waals surface area contributed by atoms with E-state index in [4.69, 9.17) is 0 Å². The smallest absolute Gasteiger partial charge is 0.0488 e. The molecule has 0 atom stereocenters. The average Bonchev–Trinajstić information content (AvgIpc) is 3.11. The number of benzene rings is 4. The van der Waals surface area contributed by atoms with E-state index < -0.39 is 0 Å². The van der Waals surface area contributed by atoms with Gasteiger partial charge in [0.25, 0.3) is 0 Å². The van der Waals surface area contributed by atoms with Crippen LogP contribution in [-0.4, -0.2) is 4.57 Å². The van der Waals surface area contributed by atoms with E-state index in [1.807, 2.05) is 0 Å². The van der Waals surface area contributed by atoms with Crippen molar-refractivity contribution in [3.63, 3.8) is 0 Å². The first-order chi connectivity index (χ1) is 15.3. The second kappa shape index (κ2) is 7.38. The number of hydrogen-bond acceptors (Lipinski definition) is 0. The van der Waals surface area contributed by atoms with Gasteiger partial charge in [0.2, 0.25) is 0 Å². The molecule has 160 valence electrons. The van der Waals surface area contributed by atoms with Gasteiger partial charge in [-0.2, -0.15) is 0 Å². The second-order valence-corrected chi connectivity index (χ2v) is 10.0. The first kappa shape index (κ1) is 20.6. The Balaban J connectivity index is 1.70. The van der Waals surface area contributed by atoms with Gasteiger partial charge in [-0.25, -0.2) is 0 Å². The van der Waals surface area contributed by atoms with Crippen molar-refractivity contribution in [3.05, 3.63) is 119 Å². The normalized spacial score (nSPS) is 12.5. The van der Waals surface area contributed by atoms with Crippen LogP contribution in [0.4, 0.5) is 0 Å². The molecule has 0 unspecified atom stereocenters. The summed E-state index contributed by atoms with van der Waals surface area (Å²) in [5.41, 5.74) is 7.81. The molecule has 5 aromatic rings. The molecule has 1 heterocycles. The molecule has 0 saturated carbocycles. The van der Waals surface area contributed by atoms with Crippen LogP contribution in [0.2, 0.25) is 0 Å². The van der Waals surface area contributed by atoms with Gasteiger partial charge < -0.3 is 4.57 Å². The first-order valence-corrected chi connectivity index (χ1v) is 11.4. The Morgan fingerprint density at radius 3 is 1.22 bits per heavy atom. The molecule has 4 aromatic carbocycles. The van der Waals surface area contributed by atoms with Gasteiger partial charge in [-0.3, -0.25) is 0 Å². The Kier molecular flexibility index (Phi) is 4.74. The van der Waals surface area contributed by atoms with E-state index in [1.165, 1.54) is 44.1 Å². The minimum atomic E-state index is -0.0570. The third kappa shape index (κ3) is 3.15. The lowest BCUT2D eigenvalue weighted by molar-refractivity contribution is 0.641. The Bertz CT molecular complexity index is 1290. The van der Waals surface area contributed by atoms with E-state index in [-0.39, 0.29) is 10.8 Å². The Morgan fingerprint density at radius 2 is 0.844 bits per heavy atom. The highest BCUT2D eigenvalue weighted by molar-refractivity contribution is 6.08. The molecule has 0 amide bonds. The molecule has 0 aliphatic heterocycles. The van der Waals surface area contributed by atoms with E-state index in [2.05, 4.69) is 136 Å². The lowest BCUT2D eigenvalue weighted by Crippen LogP contribution is -2.18. The third-order valence-electron chi connectivity index (χ3n) is 7.44. The number of fused-ring (bicyclic) bond motifs is 3. The van der Waals surface area contributed by atoms with Gasteiger partial charge in [-0.1, -0.05) is 100 Å². The van der Waals surface area contributed by atoms with Crippen molar-refractivity contribution < 1.29 is 0 Å². The van der Waals surface area contributed by atoms with Crippen molar-refractivity contribution in [2.24, 2.45) is 7.05 Å². The molecular weight excluding hydrogens is 386 g/mol. The highest BCUT2D eigenvalue weighted by atomic mass is 14.9. The fourth-order valence-corrected chi connectivity index (χ4v) is 5.04. The van der Waals surface area contributed by atoms with Crippen LogP contribution in [0.5, 0.6) is 0 Å². The van der Waals surface area contributed by atoms with Crippen molar-refractivity contribution in [2.45, 2.75) is 38.5 Å². The topological polar surface area (TPSA) is 4.93 Å². The van der Waals surface area contributed by atoms with Gasteiger partial charge in [-0.05, 0) is 46.5 Å². The number of hydrogen-bond donors (Lipinski definition) is 0. The summed E-state index contributed by atoms with van der Waals surface area (Å²) in [5.74, 6) is 0. The fourth-order valence-electron chi connectivity index (χ4n) is 5.04. The maximum Gasteiger partial charge on any atom is 0.0488 e. The zero-order valence-corrected chi connectivity index (χ0v) is 19.7. The van der Waals surface area contributed by atoms with Gasteiger partial charge in [0.05, 0.1) is 0 Å². The van der Waals surface area contributed by atoms with Gasteiger partial charge in [-0.15, -0.1) is 0 Å². The number of aryl methyl sites for hydroxylation is 1. The summed E-state index contributed by atoms with van der Waals surface area (Å²) in [5, 5.41) is 2.66. The van der Waals surface area contributed by atoms with Crippen LogP contribution < -0.4 is 0 Å². The zero-order chi connectivity index (χ0) is 22.5. The second-order valence-electron chi connectivity index (χ2n) is 10.0. The molecule has 0 saturated heterocycles. The van der Waals surface area contributed by atoms with Crippen LogP contribution in [0.3, 0.4) is 0 Å². The van der Waals surface area contributed by atoms with Crippen molar-refractivity contribution in [1.29, 1.82) is 0 Å². The number of aromatic nitrogens is 1. The molecule has 1 nitrogen and oxygen atoms in total. The third-order valence-corrected chi connectivity index (χ3v) is 7.44. The lowest BCUT2D eigenvalue weighted by atomic mass is 9.77. The van der Waals surface area contributed by atoms with Crippen LogP contribution in [0.1, 0.15) is 49.9 Å². The minimum Gasteiger partial charge on any atom is -0.344 e. The molecule has 0 fully saturated rings. The quantitative estimate of drug-likeness (QED) is 0.279. The monoisotopic (exact) mass is 417 g/mol. The van der Waals surface area contributed by atoms with Gasteiger partial charge in [0.15, 0.2) is 0 Å². The predicted octanol–water partition coefficient (Wildman–Crippen LogP) is 7.98. The Labute approximate surface area is 191 Å². The summed E-state index contributed by atoms with van der Waals surface area (Å²) < 4.78 is 2.32. The zero-order valence-electron chi connectivity index (χ0n) is 19.7. The number of rotatable bonds is 4. The lowest BCUT2D eigenvalue weighted by Gasteiger charge is -2.27. The largest absolute Gasteiger partial charge is 0.344 e. The first-order valence-electron chi connectivity index (χ1n) is 11.4. The standard InChI is InChI=1S/C31H31N/c1-30(2,22-12-8-6-9-13-22)24-16-18-28-26(20-24)27-21-25(17-19-29(27)32(28)5)31(3,4)23-14-10-7-11-15-23/h6-21H,1-5H3. The SMILES string of the molecule is Cn1c2ccc(C(C)(C)c3ccccc3)cc2c2cc(C(C)(C)c3ccccc3)ccc21. The predicted molar refractivity (Wildman–Crippen MR) is 138 cm³/mol. The Hall–Kier alpha value is -3.32.